The number of benzene rings is 2. The lowest BCUT2D eigenvalue weighted by molar-refractivity contribution is -0.120. The van der Waals surface area contributed by atoms with E-state index in [-0.39, 0.29) is 17.4 Å². The highest BCUT2D eigenvalue weighted by molar-refractivity contribution is 5.96. The van der Waals surface area contributed by atoms with E-state index in [0.29, 0.717) is 37.6 Å². The maximum atomic E-state index is 12.7. The number of aromatic carboxylic acids is 1. The van der Waals surface area contributed by atoms with Crippen molar-refractivity contribution < 1.29 is 19.1 Å². The summed E-state index contributed by atoms with van der Waals surface area (Å²) in [5, 5.41) is 12.0. The third kappa shape index (κ3) is 3.55. The molecular formula is C21H21N3O4. The fourth-order valence-corrected chi connectivity index (χ4v) is 3.45. The first-order valence-electron chi connectivity index (χ1n) is 9.26. The second kappa shape index (κ2) is 7.34. The van der Waals surface area contributed by atoms with E-state index in [1.54, 1.807) is 6.07 Å². The topological polar surface area (TPSA) is 95.7 Å². The summed E-state index contributed by atoms with van der Waals surface area (Å²) >= 11 is 0. The van der Waals surface area contributed by atoms with Crippen LogP contribution in [-0.2, 0) is 4.79 Å². The number of nitrogens with zero attached hydrogens (tertiary/aromatic N) is 2. The molecule has 28 heavy (non-hydrogen) atoms. The van der Waals surface area contributed by atoms with Crippen LogP contribution in [0.5, 0.6) is 0 Å². The van der Waals surface area contributed by atoms with Crippen molar-refractivity contribution in [3.8, 4) is 0 Å². The summed E-state index contributed by atoms with van der Waals surface area (Å²) in [4.78, 5) is 30.4. The van der Waals surface area contributed by atoms with Gasteiger partial charge in [-0.1, -0.05) is 18.2 Å². The van der Waals surface area contributed by atoms with Crippen molar-refractivity contribution in [2.45, 2.75) is 19.8 Å². The molecule has 2 heterocycles. The Labute approximate surface area is 162 Å². The fraction of sp³-hybridized carbons (Fsp3) is 0.286. The monoisotopic (exact) mass is 379 g/mol. The zero-order valence-electron chi connectivity index (χ0n) is 15.5. The molecule has 0 aliphatic carbocycles. The molecule has 1 fully saturated rings. The van der Waals surface area contributed by atoms with Crippen LogP contribution in [0.4, 0.5) is 11.7 Å². The molecule has 2 N–H and O–H groups in total. The van der Waals surface area contributed by atoms with Gasteiger partial charge in [0.25, 0.3) is 6.01 Å². The van der Waals surface area contributed by atoms with Gasteiger partial charge in [-0.25, -0.2) is 4.79 Å². The summed E-state index contributed by atoms with van der Waals surface area (Å²) < 4.78 is 5.81. The molecule has 144 valence electrons. The van der Waals surface area contributed by atoms with Crippen molar-refractivity contribution in [1.82, 2.24) is 4.98 Å². The van der Waals surface area contributed by atoms with E-state index in [2.05, 4.69) is 15.2 Å². The molecule has 7 heteroatoms. The van der Waals surface area contributed by atoms with Gasteiger partial charge in [0.2, 0.25) is 5.91 Å². The van der Waals surface area contributed by atoms with Crippen molar-refractivity contribution in [2.75, 3.05) is 23.3 Å². The van der Waals surface area contributed by atoms with Gasteiger partial charge in [0.05, 0.1) is 5.56 Å². The molecule has 1 amide bonds. The van der Waals surface area contributed by atoms with E-state index < -0.39 is 5.97 Å². The number of carbonyl (C=O) groups excluding carboxylic acids is 1. The van der Waals surface area contributed by atoms with E-state index >= 15 is 0 Å². The number of aryl methyl sites for hydroxylation is 1. The zero-order valence-corrected chi connectivity index (χ0v) is 15.5. The van der Waals surface area contributed by atoms with Crippen LogP contribution in [0.3, 0.4) is 0 Å². The highest BCUT2D eigenvalue weighted by Crippen LogP contribution is 2.27. The number of hydrogen-bond donors (Lipinski definition) is 2. The van der Waals surface area contributed by atoms with E-state index in [1.165, 1.54) is 12.1 Å². The molecule has 2 aromatic carbocycles. The summed E-state index contributed by atoms with van der Waals surface area (Å²) in [5.41, 5.74) is 3.12. The molecule has 1 aliphatic heterocycles. The summed E-state index contributed by atoms with van der Waals surface area (Å²) in [7, 11) is 0. The Kier molecular flexibility index (Phi) is 4.73. The number of aromatic nitrogens is 1. The summed E-state index contributed by atoms with van der Waals surface area (Å²) in [6.45, 7) is 3.20. The highest BCUT2D eigenvalue weighted by atomic mass is 16.4. The minimum Gasteiger partial charge on any atom is -0.478 e. The second-order valence-electron chi connectivity index (χ2n) is 7.05. The first-order chi connectivity index (χ1) is 13.5. The molecule has 7 nitrogen and oxygen atoms in total. The molecule has 0 saturated carbocycles. The quantitative estimate of drug-likeness (QED) is 0.718. The van der Waals surface area contributed by atoms with Crippen LogP contribution in [0.25, 0.3) is 11.1 Å². The molecule has 1 aromatic heterocycles. The molecule has 0 unspecified atom stereocenters. The molecule has 3 aromatic rings. The molecule has 0 spiro atoms. The Hall–Kier alpha value is -3.35. The third-order valence-electron chi connectivity index (χ3n) is 5.16. The van der Waals surface area contributed by atoms with Gasteiger partial charge in [-0.05, 0) is 49.6 Å². The first kappa shape index (κ1) is 18.0. The fourth-order valence-electron chi connectivity index (χ4n) is 3.45. The van der Waals surface area contributed by atoms with Gasteiger partial charge in [0, 0.05) is 24.7 Å². The molecular weight excluding hydrogens is 358 g/mol. The van der Waals surface area contributed by atoms with Crippen LogP contribution in [0, 0.1) is 12.8 Å². The standard InChI is InChI=1S/C21H21N3O4/c1-13-6-7-15(20(26)27)12-17(13)22-19(25)14-8-10-24(11-9-14)21-23-16-4-2-3-5-18(16)28-21/h2-7,12,14H,8-11H2,1H3,(H,22,25)(H,26,27). The molecule has 0 bridgehead atoms. The lowest BCUT2D eigenvalue weighted by Gasteiger charge is -2.30. The number of carboxylic acids is 1. The normalized spacial score (nSPS) is 15.0. The minimum absolute atomic E-state index is 0.0807. The summed E-state index contributed by atoms with van der Waals surface area (Å²) in [6.07, 6.45) is 1.37. The summed E-state index contributed by atoms with van der Waals surface area (Å²) in [6, 6.07) is 13.0. The van der Waals surface area contributed by atoms with Crippen molar-refractivity contribution in [2.24, 2.45) is 5.92 Å². The van der Waals surface area contributed by atoms with Gasteiger partial charge in [-0.2, -0.15) is 4.98 Å². The van der Waals surface area contributed by atoms with E-state index in [9.17, 15) is 9.59 Å². The predicted octanol–water partition coefficient (Wildman–Crippen LogP) is 3.69. The Morgan fingerprint density at radius 3 is 2.64 bits per heavy atom. The van der Waals surface area contributed by atoms with Gasteiger partial charge in [0.1, 0.15) is 5.52 Å². The van der Waals surface area contributed by atoms with Gasteiger partial charge in [0.15, 0.2) is 5.58 Å². The molecule has 1 saturated heterocycles. The lowest BCUT2D eigenvalue weighted by atomic mass is 9.96. The molecule has 4 rings (SSSR count). The largest absolute Gasteiger partial charge is 0.478 e. The molecule has 0 atom stereocenters. The average Bonchev–Trinajstić information content (AvgIpc) is 3.14. The number of piperidine rings is 1. The minimum atomic E-state index is -1.01. The summed E-state index contributed by atoms with van der Waals surface area (Å²) in [5.74, 6) is -1.22. The number of amides is 1. The number of hydrogen-bond acceptors (Lipinski definition) is 5. The van der Waals surface area contributed by atoms with Crippen molar-refractivity contribution in [1.29, 1.82) is 0 Å². The Balaban J connectivity index is 1.40. The van der Waals surface area contributed by atoms with Gasteiger partial charge in [-0.3, -0.25) is 4.79 Å². The number of nitrogens with one attached hydrogen (secondary N) is 1. The van der Waals surface area contributed by atoms with Gasteiger partial charge < -0.3 is 19.7 Å². The smallest absolute Gasteiger partial charge is 0.335 e. The number of oxazole rings is 1. The SMILES string of the molecule is Cc1ccc(C(=O)O)cc1NC(=O)C1CCN(c2nc3ccccc3o2)CC1. The second-order valence-corrected chi connectivity index (χ2v) is 7.05. The highest BCUT2D eigenvalue weighted by Gasteiger charge is 2.27. The molecule has 0 radical (unpaired) electrons. The predicted molar refractivity (Wildman–Crippen MR) is 106 cm³/mol. The Bertz CT molecular complexity index is 1000. The van der Waals surface area contributed by atoms with Crippen LogP contribution < -0.4 is 10.2 Å². The first-order valence-corrected chi connectivity index (χ1v) is 9.26. The van der Waals surface area contributed by atoms with E-state index in [0.717, 1.165) is 16.7 Å². The number of carboxylic acid groups (broad SMARTS) is 1. The van der Waals surface area contributed by atoms with Gasteiger partial charge in [-0.15, -0.1) is 0 Å². The number of carbonyl (C=O) groups is 2. The number of fused-ring (bicyclic) bond motifs is 1. The zero-order chi connectivity index (χ0) is 19.7. The van der Waals surface area contributed by atoms with Crippen molar-refractivity contribution in [3.05, 3.63) is 53.6 Å². The molecule has 1 aliphatic rings. The van der Waals surface area contributed by atoms with Crippen LogP contribution in [0.1, 0.15) is 28.8 Å². The van der Waals surface area contributed by atoms with E-state index in [1.807, 2.05) is 31.2 Å². The van der Waals surface area contributed by atoms with Crippen molar-refractivity contribution in [3.63, 3.8) is 0 Å². The average molecular weight is 379 g/mol. The van der Waals surface area contributed by atoms with E-state index in [4.69, 9.17) is 9.52 Å². The Morgan fingerprint density at radius 2 is 1.93 bits per heavy atom. The van der Waals surface area contributed by atoms with Crippen LogP contribution in [-0.4, -0.2) is 35.1 Å². The maximum Gasteiger partial charge on any atom is 0.335 e. The maximum absolute atomic E-state index is 12.7. The van der Waals surface area contributed by atoms with Crippen molar-refractivity contribution >= 4 is 34.7 Å². The van der Waals surface area contributed by atoms with Crippen LogP contribution in [0.15, 0.2) is 46.9 Å². The number of para-hydroxylation sites is 2. The number of anilines is 2. The van der Waals surface area contributed by atoms with Gasteiger partial charge >= 0.3 is 5.97 Å². The lowest BCUT2D eigenvalue weighted by Crippen LogP contribution is -2.38. The van der Waals surface area contributed by atoms with Crippen LogP contribution in [0.2, 0.25) is 0 Å². The van der Waals surface area contributed by atoms with Crippen LogP contribution >= 0.6 is 0 Å². The Morgan fingerprint density at radius 1 is 1.18 bits per heavy atom. The number of rotatable bonds is 4. The third-order valence-corrected chi connectivity index (χ3v) is 5.16.